The lowest BCUT2D eigenvalue weighted by atomic mass is 10.2. The second-order valence-corrected chi connectivity index (χ2v) is 5.11. The van der Waals surface area contributed by atoms with Crippen molar-refractivity contribution in [3.05, 3.63) is 48.4 Å². The molecule has 1 aliphatic heterocycles. The van der Waals surface area contributed by atoms with Gasteiger partial charge in [0.2, 0.25) is 6.10 Å². The highest BCUT2D eigenvalue weighted by Crippen LogP contribution is 2.31. The van der Waals surface area contributed by atoms with Crippen LogP contribution in [0.4, 0.5) is 0 Å². The highest BCUT2D eigenvalue weighted by Gasteiger charge is 2.31. The number of amides is 1. The van der Waals surface area contributed by atoms with Crippen LogP contribution in [-0.2, 0) is 11.3 Å². The normalized spacial score (nSPS) is 15.7. The zero-order valence-electron chi connectivity index (χ0n) is 12.5. The van der Waals surface area contributed by atoms with Gasteiger partial charge in [0.1, 0.15) is 12.4 Å². The predicted octanol–water partition coefficient (Wildman–Crippen LogP) is 2.36. The Labute approximate surface area is 133 Å². The van der Waals surface area contributed by atoms with Crippen LogP contribution in [0.15, 0.2) is 47.1 Å². The minimum absolute atomic E-state index is 0.150. The SMILES string of the molecule is N#CCCN(Cc1ccco1)C(=O)C1COc2ccccc2O1. The summed E-state index contributed by atoms with van der Waals surface area (Å²) in [5, 5.41) is 8.80. The molecule has 1 amide bonds. The van der Waals surface area contributed by atoms with E-state index in [1.54, 1.807) is 35.4 Å². The van der Waals surface area contributed by atoms with Gasteiger partial charge in [-0.15, -0.1) is 0 Å². The van der Waals surface area contributed by atoms with Gasteiger partial charge >= 0.3 is 0 Å². The average molecular weight is 312 g/mol. The van der Waals surface area contributed by atoms with E-state index in [0.717, 1.165) is 0 Å². The highest BCUT2D eigenvalue weighted by molar-refractivity contribution is 5.82. The molecular formula is C17H16N2O4. The number of carbonyl (C=O) groups is 1. The van der Waals surface area contributed by atoms with Crippen LogP contribution >= 0.6 is 0 Å². The van der Waals surface area contributed by atoms with Crippen molar-refractivity contribution in [2.75, 3.05) is 13.2 Å². The highest BCUT2D eigenvalue weighted by atomic mass is 16.6. The molecule has 6 nitrogen and oxygen atoms in total. The van der Waals surface area contributed by atoms with E-state index < -0.39 is 6.10 Å². The van der Waals surface area contributed by atoms with Gasteiger partial charge in [0.15, 0.2) is 11.5 Å². The molecule has 6 heteroatoms. The fraction of sp³-hybridized carbons (Fsp3) is 0.294. The average Bonchev–Trinajstić information content (AvgIpc) is 3.10. The van der Waals surface area contributed by atoms with Crippen LogP contribution in [-0.4, -0.2) is 30.1 Å². The fourth-order valence-corrected chi connectivity index (χ4v) is 2.39. The van der Waals surface area contributed by atoms with Crippen LogP contribution in [0, 0.1) is 11.3 Å². The summed E-state index contributed by atoms with van der Waals surface area (Å²) >= 11 is 0. The summed E-state index contributed by atoms with van der Waals surface area (Å²) in [5.41, 5.74) is 0. The minimum Gasteiger partial charge on any atom is -0.485 e. The largest absolute Gasteiger partial charge is 0.485 e. The molecule has 1 unspecified atom stereocenters. The molecule has 0 saturated carbocycles. The van der Waals surface area contributed by atoms with Gasteiger partial charge in [0, 0.05) is 6.54 Å². The molecule has 0 radical (unpaired) electrons. The van der Waals surface area contributed by atoms with Crippen LogP contribution in [0.2, 0.25) is 0 Å². The maximum absolute atomic E-state index is 12.7. The van der Waals surface area contributed by atoms with E-state index in [1.807, 2.05) is 12.1 Å². The first-order valence-corrected chi connectivity index (χ1v) is 7.34. The van der Waals surface area contributed by atoms with E-state index in [4.69, 9.17) is 19.2 Å². The van der Waals surface area contributed by atoms with Crippen molar-refractivity contribution in [3.63, 3.8) is 0 Å². The first-order chi connectivity index (χ1) is 11.3. The van der Waals surface area contributed by atoms with E-state index >= 15 is 0 Å². The van der Waals surface area contributed by atoms with E-state index in [1.165, 1.54) is 0 Å². The summed E-state index contributed by atoms with van der Waals surface area (Å²) in [6.07, 6.45) is 1.08. The van der Waals surface area contributed by atoms with Crippen LogP contribution in [0.25, 0.3) is 0 Å². The van der Waals surface area contributed by atoms with Crippen LogP contribution < -0.4 is 9.47 Å². The molecule has 0 fully saturated rings. The van der Waals surface area contributed by atoms with Crippen LogP contribution in [0.5, 0.6) is 11.5 Å². The van der Waals surface area contributed by atoms with Gasteiger partial charge in [0.25, 0.3) is 5.91 Å². The van der Waals surface area contributed by atoms with E-state index in [0.29, 0.717) is 30.3 Å². The number of hydrogen-bond acceptors (Lipinski definition) is 5. The standard InChI is InChI=1S/C17H16N2O4/c18-8-4-9-19(11-13-5-3-10-21-13)17(20)16-12-22-14-6-1-2-7-15(14)23-16/h1-3,5-7,10,16H,4,9,11-12H2. The van der Waals surface area contributed by atoms with Gasteiger partial charge in [-0.3, -0.25) is 4.79 Å². The smallest absolute Gasteiger partial charge is 0.267 e. The molecule has 1 atom stereocenters. The predicted molar refractivity (Wildman–Crippen MR) is 80.7 cm³/mol. The molecule has 118 valence electrons. The Hall–Kier alpha value is -2.94. The first kappa shape index (κ1) is 15.0. The number of nitrogens with zero attached hydrogens (tertiary/aromatic N) is 2. The molecule has 0 saturated heterocycles. The number of furan rings is 1. The number of benzene rings is 1. The maximum atomic E-state index is 12.7. The zero-order valence-corrected chi connectivity index (χ0v) is 12.5. The Bertz CT molecular complexity index is 706. The molecule has 23 heavy (non-hydrogen) atoms. The zero-order chi connectivity index (χ0) is 16.1. The third-order valence-electron chi connectivity index (χ3n) is 3.52. The molecule has 1 aromatic carbocycles. The molecule has 0 bridgehead atoms. The van der Waals surface area contributed by atoms with Gasteiger partial charge in [-0.05, 0) is 24.3 Å². The Balaban J connectivity index is 1.72. The Morgan fingerprint density at radius 1 is 1.26 bits per heavy atom. The van der Waals surface area contributed by atoms with Crippen LogP contribution in [0.3, 0.4) is 0 Å². The Morgan fingerprint density at radius 2 is 2.09 bits per heavy atom. The van der Waals surface area contributed by atoms with E-state index in [-0.39, 0.29) is 18.9 Å². The van der Waals surface area contributed by atoms with Crippen molar-refractivity contribution in [2.24, 2.45) is 0 Å². The van der Waals surface area contributed by atoms with Crippen molar-refractivity contribution in [2.45, 2.75) is 19.1 Å². The van der Waals surface area contributed by atoms with Gasteiger partial charge in [-0.1, -0.05) is 12.1 Å². The molecular weight excluding hydrogens is 296 g/mol. The summed E-state index contributed by atoms with van der Waals surface area (Å²) in [6, 6.07) is 12.8. The molecule has 1 aliphatic rings. The third kappa shape index (κ3) is 3.46. The van der Waals surface area contributed by atoms with Gasteiger partial charge in [-0.25, -0.2) is 0 Å². The number of rotatable bonds is 5. The lowest BCUT2D eigenvalue weighted by Gasteiger charge is -2.30. The van der Waals surface area contributed by atoms with Gasteiger partial charge < -0.3 is 18.8 Å². The molecule has 2 aromatic rings. The lowest BCUT2D eigenvalue weighted by molar-refractivity contribution is -0.142. The summed E-state index contributed by atoms with van der Waals surface area (Å²) < 4.78 is 16.6. The molecule has 0 N–H and O–H groups in total. The lowest BCUT2D eigenvalue weighted by Crippen LogP contribution is -2.46. The number of hydrogen-bond donors (Lipinski definition) is 0. The quantitative estimate of drug-likeness (QED) is 0.847. The minimum atomic E-state index is -0.724. The molecule has 1 aromatic heterocycles. The van der Waals surface area contributed by atoms with Crippen molar-refractivity contribution in [1.82, 2.24) is 4.90 Å². The monoisotopic (exact) mass is 312 g/mol. The molecule has 0 spiro atoms. The number of ether oxygens (including phenoxy) is 2. The van der Waals surface area contributed by atoms with E-state index in [2.05, 4.69) is 6.07 Å². The Kier molecular flexibility index (Phi) is 4.48. The molecule has 2 heterocycles. The van der Waals surface area contributed by atoms with Crippen molar-refractivity contribution >= 4 is 5.91 Å². The Morgan fingerprint density at radius 3 is 2.83 bits per heavy atom. The fourth-order valence-electron chi connectivity index (χ4n) is 2.39. The number of carbonyl (C=O) groups excluding carboxylic acids is 1. The second kappa shape index (κ2) is 6.88. The summed E-state index contributed by atoms with van der Waals surface area (Å²) in [6.45, 7) is 0.767. The third-order valence-corrected chi connectivity index (χ3v) is 3.52. The van der Waals surface area contributed by atoms with Crippen LogP contribution in [0.1, 0.15) is 12.2 Å². The van der Waals surface area contributed by atoms with E-state index in [9.17, 15) is 4.79 Å². The maximum Gasteiger partial charge on any atom is 0.267 e. The number of fused-ring (bicyclic) bond motifs is 1. The number of para-hydroxylation sites is 2. The number of nitriles is 1. The topological polar surface area (TPSA) is 75.7 Å². The molecule has 3 rings (SSSR count). The van der Waals surface area contributed by atoms with Gasteiger partial charge in [-0.2, -0.15) is 5.26 Å². The summed E-state index contributed by atoms with van der Waals surface area (Å²) in [5.74, 6) is 1.63. The van der Waals surface area contributed by atoms with Gasteiger partial charge in [0.05, 0.1) is 25.3 Å². The molecule has 0 aliphatic carbocycles. The summed E-state index contributed by atoms with van der Waals surface area (Å²) in [7, 11) is 0. The van der Waals surface area contributed by atoms with Crippen molar-refractivity contribution < 1.29 is 18.7 Å². The van der Waals surface area contributed by atoms with Crippen molar-refractivity contribution in [1.29, 1.82) is 5.26 Å². The first-order valence-electron chi connectivity index (χ1n) is 7.34. The summed E-state index contributed by atoms with van der Waals surface area (Å²) in [4.78, 5) is 14.3. The van der Waals surface area contributed by atoms with Crippen molar-refractivity contribution in [3.8, 4) is 17.6 Å². The second-order valence-electron chi connectivity index (χ2n) is 5.11.